The predicted octanol–water partition coefficient (Wildman–Crippen LogP) is 2.10. The molecule has 100 valence electrons. The number of amides is 2. The molecule has 0 aliphatic rings. The van der Waals surface area contributed by atoms with Gasteiger partial charge in [-0.2, -0.15) is 0 Å². The van der Waals surface area contributed by atoms with Gasteiger partial charge in [0.15, 0.2) is 0 Å². The highest BCUT2D eigenvalue weighted by Crippen LogP contribution is 2.17. The zero-order valence-electron chi connectivity index (χ0n) is 11.6. The lowest BCUT2D eigenvalue weighted by Crippen LogP contribution is -2.31. The van der Waals surface area contributed by atoms with E-state index in [1.54, 1.807) is 19.1 Å². The summed E-state index contributed by atoms with van der Waals surface area (Å²) in [5.41, 5.74) is 1.87. The summed E-state index contributed by atoms with van der Waals surface area (Å²) >= 11 is 0. The lowest BCUT2D eigenvalue weighted by Gasteiger charge is -2.13. The Balaban J connectivity index is 3.06. The lowest BCUT2D eigenvalue weighted by atomic mass is 10.1. The molecule has 0 radical (unpaired) electrons. The Hall–Kier alpha value is -2.28. The van der Waals surface area contributed by atoms with Gasteiger partial charge in [0, 0.05) is 6.04 Å². The second-order valence-electron chi connectivity index (χ2n) is 4.51. The smallest absolute Gasteiger partial charge is 0.300 e. The second-order valence-corrected chi connectivity index (χ2v) is 4.51. The first-order valence-corrected chi connectivity index (χ1v) is 6.09. The standard InChI is InChI=1S/C15H18N2O2/c1-5-6-14(18)17-13-8-7-11(4)9-12(13)15(19)16-10(2)3/h7-10H,1-4H3,(H,16,19)(H,17,18). The maximum Gasteiger partial charge on any atom is 0.300 e. The van der Waals surface area contributed by atoms with E-state index in [2.05, 4.69) is 22.5 Å². The number of hydrogen-bond donors (Lipinski definition) is 2. The van der Waals surface area contributed by atoms with Crippen molar-refractivity contribution in [3.05, 3.63) is 29.3 Å². The molecule has 0 aromatic heterocycles. The fraction of sp³-hybridized carbons (Fsp3) is 0.333. The van der Waals surface area contributed by atoms with Gasteiger partial charge in [-0.15, -0.1) is 0 Å². The molecule has 0 heterocycles. The molecule has 2 amide bonds. The Kier molecular flexibility index (Phi) is 5.13. The van der Waals surface area contributed by atoms with E-state index in [-0.39, 0.29) is 11.9 Å². The number of rotatable bonds is 3. The van der Waals surface area contributed by atoms with Crippen molar-refractivity contribution < 1.29 is 9.59 Å². The van der Waals surface area contributed by atoms with E-state index in [0.29, 0.717) is 11.3 Å². The minimum Gasteiger partial charge on any atom is -0.350 e. The third-order valence-corrected chi connectivity index (χ3v) is 2.33. The maximum atomic E-state index is 12.1. The number of benzene rings is 1. The number of carbonyl (C=O) groups is 2. The average Bonchev–Trinajstić information content (AvgIpc) is 2.30. The molecule has 0 spiro atoms. The van der Waals surface area contributed by atoms with Gasteiger partial charge in [-0.05, 0) is 45.7 Å². The summed E-state index contributed by atoms with van der Waals surface area (Å²) in [6, 6.07) is 5.32. The van der Waals surface area contributed by atoms with Crippen LogP contribution in [0.3, 0.4) is 0 Å². The zero-order chi connectivity index (χ0) is 14.4. The molecule has 0 atom stereocenters. The van der Waals surface area contributed by atoms with E-state index >= 15 is 0 Å². The third kappa shape index (κ3) is 4.47. The van der Waals surface area contributed by atoms with E-state index < -0.39 is 5.91 Å². The van der Waals surface area contributed by atoms with Crippen molar-refractivity contribution in [3.8, 4) is 11.8 Å². The molecule has 0 saturated carbocycles. The number of hydrogen-bond acceptors (Lipinski definition) is 2. The van der Waals surface area contributed by atoms with Crippen LogP contribution in [-0.2, 0) is 4.79 Å². The van der Waals surface area contributed by atoms with Crippen LogP contribution in [0.1, 0.15) is 36.7 Å². The maximum absolute atomic E-state index is 12.1. The Morgan fingerprint density at radius 1 is 1.26 bits per heavy atom. The van der Waals surface area contributed by atoms with Gasteiger partial charge < -0.3 is 10.6 Å². The molecule has 0 bridgehead atoms. The highest BCUT2D eigenvalue weighted by atomic mass is 16.2. The zero-order valence-corrected chi connectivity index (χ0v) is 11.6. The molecule has 4 heteroatoms. The lowest BCUT2D eigenvalue weighted by molar-refractivity contribution is -0.111. The summed E-state index contributed by atoms with van der Waals surface area (Å²) < 4.78 is 0. The van der Waals surface area contributed by atoms with Gasteiger partial charge in [-0.3, -0.25) is 9.59 Å². The summed E-state index contributed by atoms with van der Waals surface area (Å²) in [6.45, 7) is 7.24. The molecule has 1 rings (SSSR count). The summed E-state index contributed by atoms with van der Waals surface area (Å²) in [6.07, 6.45) is 0. The molecule has 2 N–H and O–H groups in total. The van der Waals surface area contributed by atoms with E-state index in [9.17, 15) is 9.59 Å². The molecule has 1 aromatic rings. The van der Waals surface area contributed by atoms with Crippen LogP contribution in [0.25, 0.3) is 0 Å². The van der Waals surface area contributed by atoms with Gasteiger partial charge in [0.1, 0.15) is 0 Å². The number of nitrogens with one attached hydrogen (secondary N) is 2. The molecule has 0 aliphatic heterocycles. The Morgan fingerprint density at radius 3 is 2.53 bits per heavy atom. The molecule has 1 aromatic carbocycles. The van der Waals surface area contributed by atoms with Crippen LogP contribution in [0.5, 0.6) is 0 Å². The molecular weight excluding hydrogens is 240 g/mol. The highest BCUT2D eigenvalue weighted by Gasteiger charge is 2.13. The van der Waals surface area contributed by atoms with E-state index in [1.807, 2.05) is 26.8 Å². The van der Waals surface area contributed by atoms with Crippen molar-refractivity contribution in [2.75, 3.05) is 5.32 Å². The van der Waals surface area contributed by atoms with Gasteiger partial charge in [-0.1, -0.05) is 17.6 Å². The molecular formula is C15H18N2O2. The quantitative estimate of drug-likeness (QED) is 0.816. The minimum atomic E-state index is -0.426. The van der Waals surface area contributed by atoms with Crippen LogP contribution in [-0.4, -0.2) is 17.9 Å². The first-order valence-electron chi connectivity index (χ1n) is 6.09. The van der Waals surface area contributed by atoms with Crippen molar-refractivity contribution in [1.82, 2.24) is 5.32 Å². The SMILES string of the molecule is CC#CC(=O)Nc1ccc(C)cc1C(=O)NC(C)C. The van der Waals surface area contributed by atoms with Gasteiger partial charge in [0.2, 0.25) is 0 Å². The summed E-state index contributed by atoms with van der Waals surface area (Å²) in [7, 11) is 0. The molecule has 0 aliphatic carbocycles. The molecule has 0 fully saturated rings. The van der Waals surface area contributed by atoms with Crippen LogP contribution in [0.15, 0.2) is 18.2 Å². The first-order chi connectivity index (χ1) is 8.93. The monoisotopic (exact) mass is 258 g/mol. The number of anilines is 1. The summed E-state index contributed by atoms with van der Waals surface area (Å²) in [4.78, 5) is 23.5. The van der Waals surface area contributed by atoms with Crippen molar-refractivity contribution >= 4 is 17.5 Å². The first kappa shape index (κ1) is 14.8. The van der Waals surface area contributed by atoms with Crippen molar-refractivity contribution in [1.29, 1.82) is 0 Å². The summed E-state index contributed by atoms with van der Waals surface area (Å²) in [5, 5.41) is 5.43. The van der Waals surface area contributed by atoms with Gasteiger partial charge >= 0.3 is 0 Å². The predicted molar refractivity (Wildman–Crippen MR) is 75.9 cm³/mol. The number of aryl methyl sites for hydroxylation is 1. The van der Waals surface area contributed by atoms with Crippen LogP contribution >= 0.6 is 0 Å². The van der Waals surface area contributed by atoms with Gasteiger partial charge in [-0.25, -0.2) is 0 Å². The highest BCUT2D eigenvalue weighted by molar-refractivity contribution is 6.08. The van der Waals surface area contributed by atoms with Crippen LogP contribution in [0.2, 0.25) is 0 Å². The fourth-order valence-corrected chi connectivity index (χ4v) is 1.56. The molecule has 0 unspecified atom stereocenters. The summed E-state index contributed by atoms with van der Waals surface area (Å²) in [5.74, 6) is 4.27. The molecule has 0 saturated heterocycles. The number of carbonyl (C=O) groups excluding carboxylic acids is 2. The third-order valence-electron chi connectivity index (χ3n) is 2.33. The topological polar surface area (TPSA) is 58.2 Å². The Labute approximate surface area is 113 Å². The van der Waals surface area contributed by atoms with E-state index in [1.165, 1.54) is 0 Å². The minimum absolute atomic E-state index is 0.0343. The normalized spacial score (nSPS) is 9.53. The van der Waals surface area contributed by atoms with Crippen LogP contribution < -0.4 is 10.6 Å². The van der Waals surface area contributed by atoms with E-state index in [4.69, 9.17) is 0 Å². The molecule has 4 nitrogen and oxygen atoms in total. The van der Waals surface area contributed by atoms with Crippen molar-refractivity contribution in [2.45, 2.75) is 33.7 Å². The van der Waals surface area contributed by atoms with Gasteiger partial charge in [0.25, 0.3) is 11.8 Å². The van der Waals surface area contributed by atoms with Crippen LogP contribution in [0.4, 0.5) is 5.69 Å². The Bertz CT molecular complexity index is 551. The largest absolute Gasteiger partial charge is 0.350 e. The molecule has 19 heavy (non-hydrogen) atoms. The van der Waals surface area contributed by atoms with Gasteiger partial charge in [0.05, 0.1) is 11.3 Å². The Morgan fingerprint density at radius 2 is 1.95 bits per heavy atom. The second kappa shape index (κ2) is 6.60. The van der Waals surface area contributed by atoms with Crippen molar-refractivity contribution in [2.24, 2.45) is 0 Å². The van der Waals surface area contributed by atoms with E-state index in [0.717, 1.165) is 5.56 Å². The van der Waals surface area contributed by atoms with Crippen molar-refractivity contribution in [3.63, 3.8) is 0 Å². The average molecular weight is 258 g/mol. The fourth-order valence-electron chi connectivity index (χ4n) is 1.56. The van der Waals surface area contributed by atoms with Crippen LogP contribution in [0, 0.1) is 18.8 Å².